The van der Waals surface area contributed by atoms with E-state index in [0.717, 1.165) is 24.2 Å². The number of anilines is 1. The Morgan fingerprint density at radius 3 is 2.37 bits per heavy atom. The molecule has 6 rings (SSSR count). The van der Waals surface area contributed by atoms with Crippen LogP contribution < -0.4 is 10.5 Å². The van der Waals surface area contributed by atoms with Gasteiger partial charge in [-0.25, -0.2) is 9.67 Å². The van der Waals surface area contributed by atoms with Gasteiger partial charge in [-0.1, -0.05) is 6.92 Å². The maximum Gasteiger partial charge on any atom is 0.264 e. The maximum atomic E-state index is 13.2. The Balaban J connectivity index is 1.18. The number of piperidine rings is 1. The Hall–Kier alpha value is -3.24. The molecule has 2 aliphatic heterocycles. The number of carbonyl (C=O) groups excluding carboxylic acids is 1. The maximum absolute atomic E-state index is 13.2. The summed E-state index contributed by atoms with van der Waals surface area (Å²) in [6.07, 6.45) is 5.46. The second-order valence-electron chi connectivity index (χ2n) is 10.6. The van der Waals surface area contributed by atoms with Crippen LogP contribution >= 0.6 is 0 Å². The fourth-order valence-electron chi connectivity index (χ4n) is 5.11. The van der Waals surface area contributed by atoms with Crippen molar-refractivity contribution >= 4 is 22.6 Å². The SMILES string of the molecule is CC1(C(=O)N2CCC(O)(Cn3cnc4c(cnn4-c4ccc(N5CC(O)C5)cc4)c3=O)CC2)CC1. The van der Waals surface area contributed by atoms with E-state index >= 15 is 0 Å². The minimum Gasteiger partial charge on any atom is -0.389 e. The summed E-state index contributed by atoms with van der Waals surface area (Å²) in [5.41, 5.74) is 0.761. The van der Waals surface area contributed by atoms with Gasteiger partial charge in [-0.2, -0.15) is 5.10 Å². The van der Waals surface area contributed by atoms with Crippen LogP contribution in [0.4, 0.5) is 5.69 Å². The van der Waals surface area contributed by atoms with E-state index in [1.165, 1.54) is 17.1 Å². The highest BCUT2D eigenvalue weighted by atomic mass is 16.3. The molecular weight excluding hydrogens is 448 g/mol. The molecule has 1 aliphatic carbocycles. The fraction of sp³-hybridized carbons (Fsp3) is 0.520. The lowest BCUT2D eigenvalue weighted by Gasteiger charge is -2.39. The minimum atomic E-state index is -1.06. The van der Waals surface area contributed by atoms with Gasteiger partial charge in [0.1, 0.15) is 11.7 Å². The second-order valence-corrected chi connectivity index (χ2v) is 10.6. The van der Waals surface area contributed by atoms with Crippen molar-refractivity contribution in [2.24, 2.45) is 5.41 Å². The first-order valence-electron chi connectivity index (χ1n) is 12.2. The normalized spacial score (nSPS) is 21.2. The van der Waals surface area contributed by atoms with Gasteiger partial charge in [0.05, 0.1) is 30.1 Å². The standard InChI is InChI=1S/C25H30N6O4/c1-24(6-7-24)23(34)28-10-8-25(35,9-11-28)15-30-16-26-21-20(22(30)33)12-27-31(21)18-4-2-17(3-5-18)29-13-19(32)14-29/h2-5,12,16,19,32,35H,6-11,13-15H2,1H3. The lowest BCUT2D eigenvalue weighted by molar-refractivity contribution is -0.141. The molecule has 1 amide bonds. The number of aromatic nitrogens is 4. The molecule has 35 heavy (non-hydrogen) atoms. The molecule has 0 unspecified atom stereocenters. The van der Waals surface area contributed by atoms with Gasteiger partial charge in [0.25, 0.3) is 5.56 Å². The summed E-state index contributed by atoms with van der Waals surface area (Å²) >= 11 is 0. The molecule has 0 spiro atoms. The zero-order valence-electron chi connectivity index (χ0n) is 19.8. The van der Waals surface area contributed by atoms with Crippen molar-refractivity contribution in [3.63, 3.8) is 0 Å². The molecule has 2 saturated heterocycles. The van der Waals surface area contributed by atoms with Crippen molar-refractivity contribution in [2.45, 2.75) is 50.9 Å². The summed E-state index contributed by atoms with van der Waals surface area (Å²) in [5.74, 6) is 0.183. The van der Waals surface area contributed by atoms with Crippen molar-refractivity contribution < 1.29 is 15.0 Å². The molecule has 0 bridgehead atoms. The number of amides is 1. The van der Waals surface area contributed by atoms with Crippen LogP contribution in [0.3, 0.4) is 0 Å². The molecule has 3 aromatic rings. The zero-order valence-corrected chi connectivity index (χ0v) is 19.8. The van der Waals surface area contributed by atoms with E-state index in [2.05, 4.69) is 15.0 Å². The number of fused-ring (bicyclic) bond motifs is 1. The number of β-amino-alcohol motifs (C(OH)–C–C–N with tert-alkyl or cyclic N) is 1. The number of aliphatic hydroxyl groups is 2. The Bertz CT molecular complexity index is 1330. The second kappa shape index (κ2) is 7.89. The zero-order chi connectivity index (χ0) is 24.4. The number of rotatable bonds is 5. The highest BCUT2D eigenvalue weighted by Gasteiger charge is 2.48. The van der Waals surface area contributed by atoms with Gasteiger partial charge in [-0.05, 0) is 49.9 Å². The number of benzene rings is 1. The molecule has 2 N–H and O–H groups in total. The lowest BCUT2D eigenvalue weighted by Crippen LogP contribution is -2.51. The summed E-state index contributed by atoms with van der Waals surface area (Å²) in [5, 5.41) is 25.5. The van der Waals surface area contributed by atoms with Crippen LogP contribution in [0.2, 0.25) is 0 Å². The van der Waals surface area contributed by atoms with Gasteiger partial charge in [0.2, 0.25) is 5.91 Å². The number of hydrogen-bond acceptors (Lipinski definition) is 7. The van der Waals surface area contributed by atoms with Crippen molar-refractivity contribution in [3.05, 3.63) is 47.1 Å². The van der Waals surface area contributed by atoms with E-state index in [1.807, 2.05) is 36.1 Å². The Labute approximate surface area is 202 Å². The molecular formula is C25H30N6O4. The third-order valence-electron chi connectivity index (χ3n) is 7.84. The van der Waals surface area contributed by atoms with Crippen molar-refractivity contribution in [1.82, 2.24) is 24.2 Å². The number of likely N-dealkylation sites (tertiary alicyclic amines) is 1. The van der Waals surface area contributed by atoms with Crippen LogP contribution in [0.1, 0.15) is 32.6 Å². The Kier molecular flexibility index (Phi) is 5.01. The quantitative estimate of drug-likeness (QED) is 0.560. The number of nitrogens with zero attached hydrogens (tertiary/aromatic N) is 6. The van der Waals surface area contributed by atoms with Crippen LogP contribution in [-0.4, -0.2) is 78.2 Å². The smallest absolute Gasteiger partial charge is 0.264 e. The summed E-state index contributed by atoms with van der Waals surface area (Å²) in [7, 11) is 0. The van der Waals surface area contributed by atoms with E-state index in [0.29, 0.717) is 50.1 Å². The summed E-state index contributed by atoms with van der Waals surface area (Å²) in [6, 6.07) is 7.76. The van der Waals surface area contributed by atoms with Crippen LogP contribution in [0.5, 0.6) is 0 Å². The lowest BCUT2D eigenvalue weighted by atomic mass is 9.90. The molecule has 0 atom stereocenters. The predicted molar refractivity (Wildman–Crippen MR) is 129 cm³/mol. The molecule has 2 aromatic heterocycles. The van der Waals surface area contributed by atoms with Gasteiger partial charge < -0.3 is 20.0 Å². The number of hydrogen-bond donors (Lipinski definition) is 2. The van der Waals surface area contributed by atoms with E-state index in [1.54, 1.807) is 4.68 Å². The van der Waals surface area contributed by atoms with Gasteiger partial charge in [0.15, 0.2) is 5.65 Å². The molecule has 184 valence electrons. The highest BCUT2D eigenvalue weighted by molar-refractivity contribution is 5.85. The van der Waals surface area contributed by atoms with Crippen LogP contribution in [-0.2, 0) is 11.3 Å². The number of aliphatic hydroxyl groups excluding tert-OH is 1. The van der Waals surface area contributed by atoms with E-state index < -0.39 is 5.60 Å². The van der Waals surface area contributed by atoms with E-state index in [4.69, 9.17) is 0 Å². The van der Waals surface area contributed by atoms with Gasteiger partial charge in [-0.15, -0.1) is 0 Å². The minimum absolute atomic E-state index is 0.135. The predicted octanol–water partition coefficient (Wildman–Crippen LogP) is 0.917. The third-order valence-corrected chi connectivity index (χ3v) is 7.84. The third kappa shape index (κ3) is 3.90. The van der Waals surface area contributed by atoms with Crippen LogP contribution in [0, 0.1) is 5.41 Å². The van der Waals surface area contributed by atoms with Crippen molar-refractivity contribution in [2.75, 3.05) is 31.1 Å². The van der Waals surface area contributed by atoms with Crippen LogP contribution in [0.25, 0.3) is 16.7 Å². The van der Waals surface area contributed by atoms with E-state index in [9.17, 15) is 19.8 Å². The molecule has 10 nitrogen and oxygen atoms in total. The van der Waals surface area contributed by atoms with Crippen molar-refractivity contribution in [3.8, 4) is 5.69 Å². The molecule has 4 heterocycles. The first-order chi connectivity index (χ1) is 16.7. The molecule has 1 aromatic carbocycles. The van der Waals surface area contributed by atoms with Crippen molar-refractivity contribution in [1.29, 1.82) is 0 Å². The first kappa shape index (κ1) is 22.2. The average Bonchev–Trinajstić information content (AvgIpc) is 3.44. The molecule has 1 saturated carbocycles. The molecule has 3 fully saturated rings. The van der Waals surface area contributed by atoms with Gasteiger partial charge in [-0.3, -0.25) is 14.2 Å². The fourth-order valence-corrected chi connectivity index (χ4v) is 5.11. The molecule has 0 radical (unpaired) electrons. The van der Waals surface area contributed by atoms with E-state index in [-0.39, 0.29) is 29.5 Å². The van der Waals surface area contributed by atoms with Crippen LogP contribution in [0.15, 0.2) is 41.6 Å². The average molecular weight is 479 g/mol. The summed E-state index contributed by atoms with van der Waals surface area (Å²) in [4.78, 5) is 34.2. The topological polar surface area (TPSA) is 117 Å². The van der Waals surface area contributed by atoms with Gasteiger partial charge in [0, 0.05) is 37.3 Å². The first-order valence-corrected chi connectivity index (χ1v) is 12.2. The number of carbonyl (C=O) groups is 1. The monoisotopic (exact) mass is 478 g/mol. The molecule has 10 heteroatoms. The van der Waals surface area contributed by atoms with Gasteiger partial charge >= 0.3 is 0 Å². The Morgan fingerprint density at radius 1 is 1.09 bits per heavy atom. The largest absolute Gasteiger partial charge is 0.389 e. The Morgan fingerprint density at radius 2 is 1.74 bits per heavy atom. The molecule has 3 aliphatic rings. The summed E-state index contributed by atoms with van der Waals surface area (Å²) < 4.78 is 3.08. The summed E-state index contributed by atoms with van der Waals surface area (Å²) in [6.45, 7) is 4.40. The highest BCUT2D eigenvalue weighted by Crippen LogP contribution is 2.47.